The van der Waals surface area contributed by atoms with Crippen molar-refractivity contribution in [3.05, 3.63) is 77.2 Å². The fourth-order valence-electron chi connectivity index (χ4n) is 3.89. The standard InChI is InChI=1S/C24H26N2O4/c1-17-21(16-29-20-13-11-19(28-2)12-14-20)23(25-30-17)24(27)26-15-7-6-10-22(26)18-8-4-3-5-9-18/h3-5,8-9,11-14,22H,6-7,10,15-16H2,1-2H3. The third kappa shape index (κ3) is 4.17. The van der Waals surface area contributed by atoms with Crippen molar-refractivity contribution in [1.29, 1.82) is 0 Å². The summed E-state index contributed by atoms with van der Waals surface area (Å²) < 4.78 is 16.4. The van der Waals surface area contributed by atoms with Gasteiger partial charge in [0, 0.05) is 6.54 Å². The fraction of sp³-hybridized carbons (Fsp3) is 0.333. The van der Waals surface area contributed by atoms with Gasteiger partial charge in [0.25, 0.3) is 5.91 Å². The molecule has 0 radical (unpaired) electrons. The number of aryl methyl sites for hydroxylation is 1. The first-order valence-electron chi connectivity index (χ1n) is 10.3. The molecule has 3 aromatic rings. The first-order valence-corrected chi connectivity index (χ1v) is 10.3. The predicted octanol–water partition coefficient (Wildman–Crippen LogP) is 4.94. The van der Waals surface area contributed by atoms with E-state index in [2.05, 4.69) is 17.3 Å². The molecule has 1 atom stereocenters. The number of rotatable bonds is 6. The third-order valence-electron chi connectivity index (χ3n) is 5.58. The molecular weight excluding hydrogens is 380 g/mol. The summed E-state index contributed by atoms with van der Waals surface area (Å²) in [5.74, 6) is 1.94. The van der Waals surface area contributed by atoms with Crippen LogP contribution in [0.25, 0.3) is 0 Å². The van der Waals surface area contributed by atoms with E-state index in [-0.39, 0.29) is 18.6 Å². The number of carbonyl (C=O) groups is 1. The summed E-state index contributed by atoms with van der Waals surface area (Å²) in [4.78, 5) is 15.4. The van der Waals surface area contributed by atoms with Gasteiger partial charge in [-0.1, -0.05) is 35.5 Å². The monoisotopic (exact) mass is 406 g/mol. The van der Waals surface area contributed by atoms with Gasteiger partial charge >= 0.3 is 0 Å². The van der Waals surface area contributed by atoms with Gasteiger partial charge in [0.15, 0.2) is 5.69 Å². The van der Waals surface area contributed by atoms with Crippen molar-refractivity contribution in [2.75, 3.05) is 13.7 Å². The maximum Gasteiger partial charge on any atom is 0.276 e. The number of hydrogen-bond donors (Lipinski definition) is 0. The van der Waals surface area contributed by atoms with E-state index < -0.39 is 0 Å². The Kier molecular flexibility index (Phi) is 6.02. The van der Waals surface area contributed by atoms with Crippen LogP contribution in [0.5, 0.6) is 11.5 Å². The average Bonchev–Trinajstić information content (AvgIpc) is 3.18. The Balaban J connectivity index is 1.53. The molecule has 0 bridgehead atoms. The molecule has 156 valence electrons. The van der Waals surface area contributed by atoms with E-state index in [1.807, 2.05) is 47.4 Å². The molecule has 1 saturated heterocycles. The summed E-state index contributed by atoms with van der Waals surface area (Å²) in [6.07, 6.45) is 3.04. The largest absolute Gasteiger partial charge is 0.497 e. The molecule has 30 heavy (non-hydrogen) atoms. The van der Waals surface area contributed by atoms with Crippen LogP contribution in [0.4, 0.5) is 0 Å². The summed E-state index contributed by atoms with van der Waals surface area (Å²) >= 11 is 0. The Morgan fingerprint density at radius 2 is 1.83 bits per heavy atom. The average molecular weight is 406 g/mol. The molecule has 0 N–H and O–H groups in total. The zero-order chi connectivity index (χ0) is 20.9. The lowest BCUT2D eigenvalue weighted by atomic mass is 9.94. The molecule has 6 nitrogen and oxygen atoms in total. The van der Waals surface area contributed by atoms with Crippen LogP contribution in [0.3, 0.4) is 0 Å². The molecule has 1 amide bonds. The zero-order valence-electron chi connectivity index (χ0n) is 17.3. The molecule has 0 aliphatic carbocycles. The van der Waals surface area contributed by atoms with E-state index in [0.717, 1.165) is 30.6 Å². The summed E-state index contributed by atoms with van der Waals surface area (Å²) in [5.41, 5.74) is 2.18. The number of methoxy groups -OCH3 is 1. The Bertz CT molecular complexity index is 982. The second-order valence-corrected chi connectivity index (χ2v) is 7.45. The van der Waals surface area contributed by atoms with Gasteiger partial charge in [0.2, 0.25) is 0 Å². The van der Waals surface area contributed by atoms with Crippen LogP contribution in [0.15, 0.2) is 59.1 Å². The number of carbonyl (C=O) groups excluding carboxylic acids is 1. The van der Waals surface area contributed by atoms with Crippen LogP contribution in [-0.4, -0.2) is 29.6 Å². The number of hydrogen-bond acceptors (Lipinski definition) is 5. The fourth-order valence-corrected chi connectivity index (χ4v) is 3.89. The second kappa shape index (κ2) is 9.03. The number of nitrogens with zero attached hydrogens (tertiary/aromatic N) is 2. The normalized spacial score (nSPS) is 16.3. The highest BCUT2D eigenvalue weighted by molar-refractivity contribution is 5.94. The molecule has 0 spiro atoms. The zero-order valence-corrected chi connectivity index (χ0v) is 17.3. The van der Waals surface area contributed by atoms with Gasteiger partial charge in [0.05, 0.1) is 18.7 Å². The van der Waals surface area contributed by atoms with Crippen molar-refractivity contribution in [2.45, 2.75) is 38.8 Å². The van der Waals surface area contributed by atoms with Gasteiger partial charge in [-0.25, -0.2) is 0 Å². The van der Waals surface area contributed by atoms with E-state index in [1.54, 1.807) is 14.0 Å². The number of ether oxygens (including phenoxy) is 2. The van der Waals surface area contributed by atoms with E-state index in [9.17, 15) is 4.79 Å². The first-order chi connectivity index (χ1) is 14.7. The molecule has 1 unspecified atom stereocenters. The third-order valence-corrected chi connectivity index (χ3v) is 5.58. The molecule has 1 aliphatic rings. The van der Waals surface area contributed by atoms with Gasteiger partial charge < -0.3 is 18.9 Å². The van der Waals surface area contributed by atoms with Gasteiger partial charge in [-0.3, -0.25) is 4.79 Å². The molecule has 4 rings (SSSR count). The van der Waals surface area contributed by atoms with Gasteiger partial charge in [0.1, 0.15) is 23.9 Å². The van der Waals surface area contributed by atoms with Gasteiger partial charge in [-0.05, 0) is 56.0 Å². The lowest BCUT2D eigenvalue weighted by Gasteiger charge is -2.35. The maximum absolute atomic E-state index is 13.4. The summed E-state index contributed by atoms with van der Waals surface area (Å²) in [5, 5.41) is 4.09. The highest BCUT2D eigenvalue weighted by Crippen LogP contribution is 2.33. The molecule has 1 fully saturated rings. The lowest BCUT2D eigenvalue weighted by molar-refractivity contribution is 0.0598. The first kappa shape index (κ1) is 20.0. The van der Waals surface area contributed by atoms with Crippen molar-refractivity contribution in [3.63, 3.8) is 0 Å². The second-order valence-electron chi connectivity index (χ2n) is 7.45. The van der Waals surface area contributed by atoms with Crippen LogP contribution in [0.2, 0.25) is 0 Å². The van der Waals surface area contributed by atoms with Gasteiger partial charge in [-0.15, -0.1) is 0 Å². The quantitative estimate of drug-likeness (QED) is 0.580. The Labute approximate surface area is 176 Å². The Hall–Kier alpha value is -3.28. The molecule has 6 heteroatoms. The topological polar surface area (TPSA) is 64.8 Å². The number of amides is 1. The molecule has 2 aromatic carbocycles. The van der Waals surface area contributed by atoms with Crippen LogP contribution >= 0.6 is 0 Å². The van der Waals surface area contributed by atoms with Crippen LogP contribution in [0.1, 0.15) is 52.7 Å². The minimum Gasteiger partial charge on any atom is -0.497 e. The number of aromatic nitrogens is 1. The summed E-state index contributed by atoms with van der Waals surface area (Å²) in [6, 6.07) is 17.6. The number of likely N-dealkylation sites (tertiary alicyclic amines) is 1. The molecule has 2 heterocycles. The van der Waals surface area contributed by atoms with Crippen molar-refractivity contribution in [3.8, 4) is 11.5 Å². The summed E-state index contributed by atoms with van der Waals surface area (Å²) in [7, 11) is 1.62. The van der Waals surface area contributed by atoms with E-state index in [0.29, 0.717) is 29.3 Å². The van der Waals surface area contributed by atoms with E-state index in [1.165, 1.54) is 0 Å². The predicted molar refractivity (Wildman–Crippen MR) is 113 cm³/mol. The number of benzene rings is 2. The minimum absolute atomic E-state index is 0.0554. The Morgan fingerprint density at radius 3 is 2.57 bits per heavy atom. The van der Waals surface area contributed by atoms with Crippen LogP contribution in [0, 0.1) is 6.92 Å². The summed E-state index contributed by atoms with van der Waals surface area (Å²) in [6.45, 7) is 2.73. The molecule has 1 aromatic heterocycles. The smallest absolute Gasteiger partial charge is 0.276 e. The van der Waals surface area contributed by atoms with Gasteiger partial charge in [-0.2, -0.15) is 0 Å². The minimum atomic E-state index is -0.103. The van der Waals surface area contributed by atoms with Crippen LogP contribution < -0.4 is 9.47 Å². The van der Waals surface area contributed by atoms with Crippen molar-refractivity contribution in [2.24, 2.45) is 0 Å². The SMILES string of the molecule is COc1ccc(OCc2c(C(=O)N3CCCCC3c3ccccc3)noc2C)cc1. The lowest BCUT2D eigenvalue weighted by Crippen LogP contribution is -2.39. The highest BCUT2D eigenvalue weighted by atomic mass is 16.5. The maximum atomic E-state index is 13.4. The van der Waals surface area contributed by atoms with E-state index in [4.69, 9.17) is 14.0 Å². The number of piperidine rings is 1. The van der Waals surface area contributed by atoms with Crippen LogP contribution in [-0.2, 0) is 6.61 Å². The van der Waals surface area contributed by atoms with Crippen molar-refractivity contribution >= 4 is 5.91 Å². The molecule has 0 saturated carbocycles. The van der Waals surface area contributed by atoms with Crippen molar-refractivity contribution < 1.29 is 18.8 Å². The highest BCUT2D eigenvalue weighted by Gasteiger charge is 2.32. The Morgan fingerprint density at radius 1 is 1.10 bits per heavy atom. The molecular formula is C24H26N2O4. The molecule has 1 aliphatic heterocycles. The van der Waals surface area contributed by atoms with E-state index >= 15 is 0 Å². The van der Waals surface area contributed by atoms with Crippen molar-refractivity contribution in [1.82, 2.24) is 10.1 Å².